The summed E-state index contributed by atoms with van der Waals surface area (Å²) in [5.74, 6) is -2.75. The first-order chi connectivity index (χ1) is 19.5. The number of carboxylic acid groups (broad SMARTS) is 1. The minimum absolute atomic E-state index is 0.0780. The Morgan fingerprint density at radius 3 is 2.34 bits per heavy atom. The van der Waals surface area contributed by atoms with Gasteiger partial charge in [-0.05, 0) is 48.9 Å². The Kier molecular flexibility index (Phi) is 7.39. The smallest absolute Gasteiger partial charge is 0.436 e. The summed E-state index contributed by atoms with van der Waals surface area (Å²) in [6, 6.07) is 11.9. The van der Waals surface area contributed by atoms with Crippen LogP contribution in [0.4, 0.5) is 17.6 Å². The second kappa shape index (κ2) is 10.8. The lowest BCUT2D eigenvalue weighted by atomic mass is 10.1. The summed E-state index contributed by atoms with van der Waals surface area (Å²) in [6.07, 6.45) is -4.12. The number of methoxy groups -OCH3 is 1. The number of carbonyl (C=O) groups is 2. The van der Waals surface area contributed by atoms with E-state index in [9.17, 15) is 22.8 Å². The van der Waals surface area contributed by atoms with Gasteiger partial charge < -0.3 is 14.7 Å². The Hall–Kier alpha value is -4.52. The Morgan fingerprint density at radius 1 is 1.07 bits per heavy atom. The highest BCUT2D eigenvalue weighted by Crippen LogP contribution is 2.36. The Balaban J connectivity index is 1.43. The van der Waals surface area contributed by atoms with Crippen LogP contribution in [-0.2, 0) is 12.7 Å². The fourth-order valence-corrected chi connectivity index (χ4v) is 4.95. The van der Waals surface area contributed by atoms with Crippen LogP contribution in [0.1, 0.15) is 38.9 Å². The lowest BCUT2D eigenvalue weighted by molar-refractivity contribution is -0.145. The van der Waals surface area contributed by atoms with Crippen molar-refractivity contribution in [3.63, 3.8) is 0 Å². The predicted octanol–water partition coefficient (Wildman–Crippen LogP) is 4.61. The maximum atomic E-state index is 15.3. The molecule has 3 heterocycles. The number of benzene rings is 2. The lowest BCUT2D eigenvalue weighted by Gasteiger charge is -2.39. The van der Waals surface area contributed by atoms with Crippen molar-refractivity contribution in [1.29, 1.82) is 0 Å². The molecule has 0 unspecified atom stereocenters. The molecular formula is C28H25F4N5O4. The Labute approximate surface area is 231 Å². The van der Waals surface area contributed by atoms with Crippen LogP contribution < -0.4 is 4.74 Å². The van der Waals surface area contributed by atoms with E-state index in [1.54, 1.807) is 12.1 Å². The van der Waals surface area contributed by atoms with E-state index in [-0.39, 0.29) is 29.3 Å². The number of carboxylic acids is 1. The fraction of sp³-hybridized carbons (Fsp3) is 0.286. The van der Waals surface area contributed by atoms with Gasteiger partial charge in [0.15, 0.2) is 17.2 Å². The highest BCUT2D eigenvalue weighted by Gasteiger charge is 2.41. The molecule has 214 valence electrons. The standard InChI is InChI=1S/C28H25F4N5O4/c1-16-14-35(15-17-3-5-19(6-4-17)27(39)40)11-12-36(16)26(38)21-13-33-37-24(28(30,31)32)22(29)23(34-25(21)37)18-7-9-20(41-2)10-8-18/h3-10,13,16H,11-12,14-15H2,1-2H3,(H,39,40)/t16-/m1/s1. The molecule has 41 heavy (non-hydrogen) atoms. The first-order valence-electron chi connectivity index (χ1n) is 12.6. The molecule has 0 bridgehead atoms. The van der Waals surface area contributed by atoms with Gasteiger partial charge in [-0.1, -0.05) is 12.1 Å². The molecule has 1 aliphatic heterocycles. The molecular weight excluding hydrogens is 546 g/mol. The number of alkyl halides is 3. The number of rotatable bonds is 6. The van der Waals surface area contributed by atoms with Crippen molar-refractivity contribution in [3.8, 4) is 17.0 Å². The third kappa shape index (κ3) is 5.44. The van der Waals surface area contributed by atoms with Crippen LogP contribution in [-0.4, -0.2) is 74.2 Å². The van der Waals surface area contributed by atoms with Crippen LogP contribution in [0.25, 0.3) is 16.9 Å². The molecule has 0 radical (unpaired) electrons. The Bertz CT molecular complexity index is 1600. The molecule has 0 saturated carbocycles. The maximum absolute atomic E-state index is 15.3. The monoisotopic (exact) mass is 571 g/mol. The van der Waals surface area contributed by atoms with Crippen molar-refractivity contribution < 1.29 is 37.0 Å². The number of ether oxygens (including phenoxy) is 1. The minimum Gasteiger partial charge on any atom is -0.497 e. The van der Waals surface area contributed by atoms with E-state index in [2.05, 4.69) is 15.0 Å². The number of nitrogens with zero attached hydrogens (tertiary/aromatic N) is 5. The molecule has 2 aromatic heterocycles. The van der Waals surface area contributed by atoms with Crippen LogP contribution in [0, 0.1) is 5.82 Å². The maximum Gasteiger partial charge on any atom is 0.436 e. The van der Waals surface area contributed by atoms with Crippen molar-refractivity contribution in [1.82, 2.24) is 24.4 Å². The number of halogens is 4. The molecule has 2 aromatic carbocycles. The van der Waals surface area contributed by atoms with Gasteiger partial charge in [-0.3, -0.25) is 9.69 Å². The number of hydrogen-bond donors (Lipinski definition) is 1. The van der Waals surface area contributed by atoms with Gasteiger partial charge in [-0.2, -0.15) is 18.3 Å². The van der Waals surface area contributed by atoms with Crippen molar-refractivity contribution >= 4 is 17.5 Å². The van der Waals surface area contributed by atoms with E-state index >= 15 is 4.39 Å². The van der Waals surface area contributed by atoms with Crippen LogP contribution >= 0.6 is 0 Å². The molecule has 4 aromatic rings. The third-order valence-electron chi connectivity index (χ3n) is 7.03. The van der Waals surface area contributed by atoms with Crippen LogP contribution in [0.15, 0.2) is 54.7 Å². The number of aromatic nitrogens is 3. The normalized spacial score (nSPS) is 16.2. The predicted molar refractivity (Wildman–Crippen MR) is 139 cm³/mol. The third-order valence-corrected chi connectivity index (χ3v) is 7.03. The summed E-state index contributed by atoms with van der Waals surface area (Å²) < 4.78 is 62.7. The zero-order valence-electron chi connectivity index (χ0n) is 22.0. The minimum atomic E-state index is -5.11. The van der Waals surface area contributed by atoms with E-state index in [0.717, 1.165) is 11.8 Å². The zero-order valence-corrected chi connectivity index (χ0v) is 22.0. The average Bonchev–Trinajstić information content (AvgIpc) is 3.35. The topological polar surface area (TPSA) is 100 Å². The molecule has 13 heteroatoms. The van der Waals surface area contributed by atoms with Gasteiger partial charge in [0.2, 0.25) is 0 Å². The van der Waals surface area contributed by atoms with Crippen LogP contribution in [0.3, 0.4) is 0 Å². The van der Waals surface area contributed by atoms with E-state index in [4.69, 9.17) is 9.84 Å². The summed E-state index contributed by atoms with van der Waals surface area (Å²) in [5, 5.41) is 12.8. The van der Waals surface area contributed by atoms with Gasteiger partial charge in [0, 0.05) is 37.8 Å². The highest BCUT2D eigenvalue weighted by atomic mass is 19.4. The molecule has 1 aliphatic rings. The first kappa shape index (κ1) is 28.0. The number of piperazine rings is 1. The van der Waals surface area contributed by atoms with Crippen LogP contribution in [0.2, 0.25) is 0 Å². The van der Waals surface area contributed by atoms with E-state index in [1.165, 1.54) is 48.4 Å². The molecule has 0 aliphatic carbocycles. The van der Waals surface area contributed by atoms with E-state index < -0.39 is 40.9 Å². The average molecular weight is 572 g/mol. The van der Waals surface area contributed by atoms with Gasteiger partial charge in [0.05, 0.1) is 18.9 Å². The second-order valence-electron chi connectivity index (χ2n) is 9.73. The molecule has 1 saturated heterocycles. The summed E-state index contributed by atoms with van der Waals surface area (Å²) in [5.41, 5.74) is -1.62. The lowest BCUT2D eigenvalue weighted by Crippen LogP contribution is -2.53. The van der Waals surface area contributed by atoms with E-state index in [1.807, 2.05) is 6.92 Å². The quantitative estimate of drug-likeness (QED) is 0.338. The molecule has 0 spiro atoms. The molecule has 1 fully saturated rings. The fourth-order valence-electron chi connectivity index (χ4n) is 4.95. The van der Waals surface area contributed by atoms with Crippen LogP contribution in [0.5, 0.6) is 5.75 Å². The summed E-state index contributed by atoms with van der Waals surface area (Å²) >= 11 is 0. The van der Waals surface area contributed by atoms with Crippen molar-refractivity contribution in [2.24, 2.45) is 0 Å². The van der Waals surface area contributed by atoms with Gasteiger partial charge in [-0.15, -0.1) is 0 Å². The second-order valence-corrected chi connectivity index (χ2v) is 9.73. The van der Waals surface area contributed by atoms with Crippen molar-refractivity contribution in [2.45, 2.75) is 25.7 Å². The highest BCUT2D eigenvalue weighted by molar-refractivity contribution is 6.00. The largest absolute Gasteiger partial charge is 0.497 e. The summed E-state index contributed by atoms with van der Waals surface area (Å²) in [6.45, 7) is 3.58. The first-order valence-corrected chi connectivity index (χ1v) is 12.6. The molecule has 9 nitrogen and oxygen atoms in total. The Morgan fingerprint density at radius 2 is 1.76 bits per heavy atom. The SMILES string of the molecule is COc1ccc(-c2nc3c(C(=O)N4CCN(Cc5ccc(C(=O)O)cc5)C[C@H]4C)cnn3c(C(F)(F)F)c2F)cc1. The van der Waals surface area contributed by atoms with Crippen molar-refractivity contribution in [3.05, 3.63) is 82.9 Å². The van der Waals surface area contributed by atoms with Gasteiger partial charge in [-0.25, -0.2) is 18.7 Å². The summed E-state index contributed by atoms with van der Waals surface area (Å²) in [4.78, 5) is 32.5. The number of fused-ring (bicyclic) bond motifs is 1. The number of aromatic carboxylic acids is 1. The van der Waals surface area contributed by atoms with Crippen molar-refractivity contribution in [2.75, 3.05) is 26.7 Å². The number of carbonyl (C=O) groups excluding carboxylic acids is 1. The molecule has 1 atom stereocenters. The van der Waals surface area contributed by atoms with Gasteiger partial charge in [0.1, 0.15) is 17.0 Å². The molecule has 5 rings (SSSR count). The number of amides is 1. The number of hydrogen-bond acceptors (Lipinski definition) is 6. The molecule has 1 N–H and O–H groups in total. The summed E-state index contributed by atoms with van der Waals surface area (Å²) in [7, 11) is 1.42. The molecule has 1 amide bonds. The van der Waals surface area contributed by atoms with E-state index in [0.29, 0.717) is 29.9 Å². The van der Waals surface area contributed by atoms with Gasteiger partial charge >= 0.3 is 12.1 Å². The van der Waals surface area contributed by atoms with Gasteiger partial charge in [0.25, 0.3) is 5.91 Å². The zero-order chi connectivity index (χ0) is 29.5.